The first-order valence-corrected chi connectivity index (χ1v) is 6.16. The summed E-state index contributed by atoms with van der Waals surface area (Å²) in [5, 5.41) is 2.84. The van der Waals surface area contributed by atoms with Crippen LogP contribution in [0.3, 0.4) is 0 Å². The predicted molar refractivity (Wildman–Crippen MR) is 64.5 cm³/mol. The van der Waals surface area contributed by atoms with Gasteiger partial charge in [0.05, 0.1) is 18.6 Å². The van der Waals surface area contributed by atoms with E-state index in [0.717, 1.165) is 6.42 Å². The van der Waals surface area contributed by atoms with Gasteiger partial charge >= 0.3 is 0 Å². The van der Waals surface area contributed by atoms with Crippen LogP contribution in [0.4, 0.5) is 0 Å². The molecule has 1 fully saturated rings. The van der Waals surface area contributed by atoms with Gasteiger partial charge in [-0.2, -0.15) is 0 Å². The van der Waals surface area contributed by atoms with Gasteiger partial charge in [0.1, 0.15) is 0 Å². The van der Waals surface area contributed by atoms with Gasteiger partial charge in [-0.05, 0) is 13.3 Å². The largest absolute Gasteiger partial charge is 0.383 e. The molecular formula is C12H22N2O3. The fourth-order valence-corrected chi connectivity index (χ4v) is 2.06. The number of hydrogen-bond donors (Lipinski definition) is 1. The highest BCUT2D eigenvalue weighted by Crippen LogP contribution is 2.20. The summed E-state index contributed by atoms with van der Waals surface area (Å²) in [5.74, 6) is -0.160. The lowest BCUT2D eigenvalue weighted by Gasteiger charge is -2.23. The molecule has 5 heteroatoms. The lowest BCUT2D eigenvalue weighted by Crippen LogP contribution is -2.39. The monoisotopic (exact) mass is 242 g/mol. The van der Waals surface area contributed by atoms with Crippen LogP contribution in [0.2, 0.25) is 0 Å². The van der Waals surface area contributed by atoms with Gasteiger partial charge in [-0.3, -0.25) is 9.59 Å². The van der Waals surface area contributed by atoms with Crippen LogP contribution in [0.5, 0.6) is 0 Å². The number of likely N-dealkylation sites (tertiary alicyclic amines) is 1. The number of amides is 2. The molecular weight excluding hydrogens is 220 g/mol. The number of rotatable bonds is 6. The summed E-state index contributed by atoms with van der Waals surface area (Å²) >= 11 is 0. The van der Waals surface area contributed by atoms with Crippen molar-refractivity contribution in [3.8, 4) is 0 Å². The second kappa shape index (κ2) is 6.59. The minimum atomic E-state index is -0.201. The van der Waals surface area contributed by atoms with Gasteiger partial charge in [0, 0.05) is 26.6 Å². The zero-order chi connectivity index (χ0) is 12.8. The summed E-state index contributed by atoms with van der Waals surface area (Å²) in [4.78, 5) is 25.3. The number of hydrogen-bond acceptors (Lipinski definition) is 3. The Bertz CT molecular complexity index is 279. The first-order valence-electron chi connectivity index (χ1n) is 6.16. The van der Waals surface area contributed by atoms with Crippen LogP contribution in [-0.4, -0.2) is 49.6 Å². The van der Waals surface area contributed by atoms with Crippen LogP contribution in [0.1, 0.15) is 26.7 Å². The summed E-state index contributed by atoms with van der Waals surface area (Å²) < 4.78 is 5.03. The van der Waals surface area contributed by atoms with Crippen LogP contribution in [-0.2, 0) is 14.3 Å². The highest BCUT2D eigenvalue weighted by atomic mass is 16.5. The third kappa shape index (κ3) is 3.70. The normalized spacial score (nSPS) is 21.7. The number of carbonyl (C=O) groups excluding carboxylic acids is 2. The Morgan fingerprint density at radius 2 is 2.35 bits per heavy atom. The third-order valence-corrected chi connectivity index (χ3v) is 3.02. The molecule has 2 amide bonds. The second-order valence-corrected chi connectivity index (χ2v) is 4.54. The average molecular weight is 242 g/mol. The van der Waals surface area contributed by atoms with Crippen molar-refractivity contribution in [3.63, 3.8) is 0 Å². The van der Waals surface area contributed by atoms with Crippen LogP contribution >= 0.6 is 0 Å². The smallest absolute Gasteiger partial charge is 0.225 e. The Labute approximate surface area is 102 Å². The molecule has 1 aliphatic heterocycles. The standard InChI is InChI=1S/C12H22N2O3/c1-4-5-13-12(16)10-6-11(15)14(7-10)9(2)8-17-3/h9-10H,4-8H2,1-3H3,(H,13,16)/t9-,10+/m0/s1. The number of ether oxygens (including phenoxy) is 1. The van der Waals surface area contributed by atoms with Gasteiger partial charge < -0.3 is 15.0 Å². The van der Waals surface area contributed by atoms with Crippen molar-refractivity contribution >= 4 is 11.8 Å². The Hall–Kier alpha value is -1.10. The molecule has 0 aromatic carbocycles. The molecule has 1 aliphatic rings. The van der Waals surface area contributed by atoms with Gasteiger partial charge in [0.25, 0.3) is 0 Å². The predicted octanol–water partition coefficient (Wildman–Crippen LogP) is 0.396. The van der Waals surface area contributed by atoms with Crippen LogP contribution in [0.15, 0.2) is 0 Å². The highest BCUT2D eigenvalue weighted by molar-refractivity contribution is 5.89. The molecule has 1 heterocycles. The minimum absolute atomic E-state index is 0.00711. The Kier molecular flexibility index (Phi) is 5.41. The molecule has 17 heavy (non-hydrogen) atoms. The lowest BCUT2D eigenvalue weighted by atomic mass is 10.1. The lowest BCUT2D eigenvalue weighted by molar-refractivity contribution is -0.130. The maximum atomic E-state index is 11.8. The molecule has 0 aromatic rings. The molecule has 1 rings (SSSR count). The van der Waals surface area contributed by atoms with E-state index in [1.807, 2.05) is 13.8 Å². The average Bonchev–Trinajstić information content (AvgIpc) is 2.68. The summed E-state index contributed by atoms with van der Waals surface area (Å²) in [6, 6.07) is 0.0384. The third-order valence-electron chi connectivity index (χ3n) is 3.02. The molecule has 0 radical (unpaired) electrons. The fraction of sp³-hybridized carbons (Fsp3) is 0.833. The molecule has 0 aliphatic carbocycles. The van der Waals surface area contributed by atoms with E-state index in [2.05, 4.69) is 5.32 Å². The molecule has 1 N–H and O–H groups in total. The van der Waals surface area contributed by atoms with Crippen molar-refractivity contribution in [2.45, 2.75) is 32.7 Å². The molecule has 0 saturated carbocycles. The fourth-order valence-electron chi connectivity index (χ4n) is 2.06. The van der Waals surface area contributed by atoms with Crippen molar-refractivity contribution in [3.05, 3.63) is 0 Å². The van der Waals surface area contributed by atoms with E-state index in [1.54, 1.807) is 12.0 Å². The molecule has 0 bridgehead atoms. The molecule has 0 spiro atoms. The Balaban J connectivity index is 2.48. The summed E-state index contributed by atoms with van der Waals surface area (Å²) in [7, 11) is 1.61. The van der Waals surface area contributed by atoms with Gasteiger partial charge in [-0.15, -0.1) is 0 Å². The number of methoxy groups -OCH3 is 1. The maximum Gasteiger partial charge on any atom is 0.225 e. The van der Waals surface area contributed by atoms with E-state index in [0.29, 0.717) is 26.1 Å². The van der Waals surface area contributed by atoms with Gasteiger partial charge in [0.2, 0.25) is 11.8 Å². The van der Waals surface area contributed by atoms with Gasteiger partial charge in [-0.1, -0.05) is 6.92 Å². The number of carbonyl (C=O) groups is 2. The van der Waals surface area contributed by atoms with E-state index < -0.39 is 0 Å². The zero-order valence-corrected chi connectivity index (χ0v) is 10.9. The number of nitrogens with zero attached hydrogens (tertiary/aromatic N) is 1. The molecule has 0 unspecified atom stereocenters. The zero-order valence-electron chi connectivity index (χ0n) is 10.9. The Morgan fingerprint density at radius 1 is 1.65 bits per heavy atom. The topological polar surface area (TPSA) is 58.6 Å². The summed E-state index contributed by atoms with van der Waals surface area (Å²) in [6.07, 6.45) is 1.24. The minimum Gasteiger partial charge on any atom is -0.383 e. The van der Waals surface area contributed by atoms with Gasteiger partial charge in [-0.25, -0.2) is 0 Å². The maximum absolute atomic E-state index is 11.8. The molecule has 2 atom stereocenters. The second-order valence-electron chi connectivity index (χ2n) is 4.54. The molecule has 98 valence electrons. The van der Waals surface area contributed by atoms with E-state index >= 15 is 0 Å². The number of nitrogens with one attached hydrogen (secondary N) is 1. The quantitative estimate of drug-likeness (QED) is 0.733. The summed E-state index contributed by atoms with van der Waals surface area (Å²) in [6.45, 7) is 5.64. The van der Waals surface area contributed by atoms with Crippen molar-refractivity contribution < 1.29 is 14.3 Å². The first-order chi connectivity index (χ1) is 8.10. The van der Waals surface area contributed by atoms with Crippen molar-refractivity contribution in [1.82, 2.24) is 10.2 Å². The van der Waals surface area contributed by atoms with Crippen molar-refractivity contribution in [2.24, 2.45) is 5.92 Å². The van der Waals surface area contributed by atoms with E-state index in [1.165, 1.54) is 0 Å². The molecule has 1 saturated heterocycles. The Morgan fingerprint density at radius 3 is 2.94 bits per heavy atom. The van der Waals surface area contributed by atoms with Gasteiger partial charge in [0.15, 0.2) is 0 Å². The highest BCUT2D eigenvalue weighted by Gasteiger charge is 2.36. The van der Waals surface area contributed by atoms with Crippen molar-refractivity contribution in [2.75, 3.05) is 26.8 Å². The summed E-state index contributed by atoms with van der Waals surface area (Å²) in [5.41, 5.74) is 0. The van der Waals surface area contributed by atoms with Crippen LogP contribution in [0, 0.1) is 5.92 Å². The van der Waals surface area contributed by atoms with E-state index in [4.69, 9.17) is 4.74 Å². The van der Waals surface area contributed by atoms with E-state index in [9.17, 15) is 9.59 Å². The molecule has 0 aromatic heterocycles. The van der Waals surface area contributed by atoms with Crippen molar-refractivity contribution in [1.29, 1.82) is 0 Å². The van der Waals surface area contributed by atoms with Crippen LogP contribution in [0.25, 0.3) is 0 Å². The van der Waals surface area contributed by atoms with E-state index in [-0.39, 0.29) is 23.8 Å². The SMILES string of the molecule is CCCNC(=O)[C@@H]1CC(=O)N([C@@H](C)COC)C1. The molecule has 5 nitrogen and oxygen atoms in total. The first kappa shape index (κ1) is 14.0. The van der Waals surface area contributed by atoms with Crippen LogP contribution < -0.4 is 5.32 Å².